The summed E-state index contributed by atoms with van der Waals surface area (Å²) in [4.78, 5) is 11.1. The summed E-state index contributed by atoms with van der Waals surface area (Å²) in [6, 6.07) is 10.7. The number of benzene rings is 2. The third-order valence-electron chi connectivity index (χ3n) is 4.41. The molecule has 0 aliphatic heterocycles. The third-order valence-corrected chi connectivity index (χ3v) is 6.43. The van der Waals surface area contributed by atoms with Crippen LogP contribution in [0.3, 0.4) is 0 Å². The Morgan fingerprint density at radius 2 is 2.06 bits per heavy atom. The van der Waals surface area contributed by atoms with Gasteiger partial charge in [0.15, 0.2) is 16.7 Å². The van der Waals surface area contributed by atoms with Crippen molar-refractivity contribution in [1.82, 2.24) is 14.8 Å². The van der Waals surface area contributed by atoms with E-state index >= 15 is 0 Å². The molecule has 3 rings (SSSR count). The summed E-state index contributed by atoms with van der Waals surface area (Å²) < 4.78 is 13.6. The van der Waals surface area contributed by atoms with Crippen LogP contribution >= 0.6 is 39.3 Å². The summed E-state index contributed by atoms with van der Waals surface area (Å²) in [5.74, 6) is 1.61. The average molecular weight is 540 g/mol. The molecular formula is C21H20BrClN4O4S. The number of hydrogen-bond acceptors (Lipinski definition) is 7. The van der Waals surface area contributed by atoms with E-state index < -0.39 is 5.25 Å². The van der Waals surface area contributed by atoms with Gasteiger partial charge < -0.3 is 9.47 Å². The highest BCUT2D eigenvalue weighted by atomic mass is 79.9. The van der Waals surface area contributed by atoms with Crippen LogP contribution in [0.4, 0.5) is 0 Å². The Labute approximate surface area is 202 Å². The van der Waals surface area contributed by atoms with Gasteiger partial charge in [0.05, 0.1) is 11.6 Å². The molecule has 0 N–H and O–H groups in total. The van der Waals surface area contributed by atoms with Crippen LogP contribution in [0.25, 0.3) is 5.69 Å². The quantitative estimate of drug-likeness (QED) is 0.142. The molecule has 3 aromatic rings. The Kier molecular flexibility index (Phi) is 8.16. The van der Waals surface area contributed by atoms with Gasteiger partial charge in [-0.25, -0.2) is 0 Å². The smallest absolute Gasteiger partial charge is 0.220 e. The molecule has 32 heavy (non-hydrogen) atoms. The second-order valence-corrected chi connectivity index (χ2v) is 9.06. The number of halogens is 2. The minimum Gasteiger partial charge on any atom is -0.493 e. The summed E-state index contributed by atoms with van der Waals surface area (Å²) >= 11 is 10.7. The van der Waals surface area contributed by atoms with E-state index in [1.54, 1.807) is 30.3 Å². The van der Waals surface area contributed by atoms with Gasteiger partial charge in [0.1, 0.15) is 17.7 Å². The first-order valence-electron chi connectivity index (χ1n) is 9.41. The van der Waals surface area contributed by atoms with Crippen molar-refractivity contribution in [3.8, 4) is 17.2 Å². The Balaban J connectivity index is 2.01. The molecule has 1 aromatic heterocycles. The molecule has 0 aliphatic carbocycles. The highest BCUT2D eigenvalue weighted by Gasteiger charge is 2.26. The molecule has 0 unspecified atom stereocenters. The van der Waals surface area contributed by atoms with E-state index in [2.05, 4.69) is 32.7 Å². The SMILES string of the molecule is C=CCOc1c(Br)cc([C@@H](C[N+](=O)[O-])Sc2nnc(C)n2-c2ccc(Cl)cc2)cc1OC. The lowest BCUT2D eigenvalue weighted by atomic mass is 10.1. The molecule has 0 amide bonds. The molecule has 0 bridgehead atoms. The van der Waals surface area contributed by atoms with Gasteiger partial charge in [-0.2, -0.15) is 0 Å². The van der Waals surface area contributed by atoms with E-state index in [0.717, 1.165) is 5.69 Å². The minimum absolute atomic E-state index is 0.296. The van der Waals surface area contributed by atoms with Crippen LogP contribution < -0.4 is 9.47 Å². The molecule has 0 saturated heterocycles. The molecule has 1 atom stereocenters. The molecule has 0 saturated carbocycles. The van der Waals surface area contributed by atoms with E-state index in [1.165, 1.54) is 18.9 Å². The first-order chi connectivity index (χ1) is 15.3. The molecule has 11 heteroatoms. The first-order valence-corrected chi connectivity index (χ1v) is 11.5. The molecule has 2 aromatic carbocycles. The van der Waals surface area contributed by atoms with Gasteiger partial charge in [0.25, 0.3) is 0 Å². The minimum atomic E-state index is -0.557. The maximum atomic E-state index is 11.5. The zero-order chi connectivity index (χ0) is 23.3. The number of nitrogens with zero attached hydrogens (tertiary/aromatic N) is 4. The van der Waals surface area contributed by atoms with Crippen LogP contribution in [-0.2, 0) is 0 Å². The largest absolute Gasteiger partial charge is 0.493 e. The lowest BCUT2D eigenvalue weighted by molar-refractivity contribution is -0.479. The lowest BCUT2D eigenvalue weighted by Gasteiger charge is -2.18. The van der Waals surface area contributed by atoms with Crippen LogP contribution in [0, 0.1) is 17.0 Å². The van der Waals surface area contributed by atoms with Crippen molar-refractivity contribution in [3.05, 3.63) is 80.1 Å². The highest BCUT2D eigenvalue weighted by molar-refractivity contribution is 9.10. The van der Waals surface area contributed by atoms with Crippen LogP contribution in [0.2, 0.25) is 5.02 Å². The molecule has 8 nitrogen and oxygen atoms in total. The average Bonchev–Trinajstić information content (AvgIpc) is 3.12. The normalized spacial score (nSPS) is 11.8. The predicted octanol–water partition coefficient (Wildman–Crippen LogP) is 5.68. The number of aryl methyl sites for hydroxylation is 1. The fourth-order valence-electron chi connectivity index (χ4n) is 2.99. The summed E-state index contributed by atoms with van der Waals surface area (Å²) in [5, 5.41) is 20.5. The highest BCUT2D eigenvalue weighted by Crippen LogP contribution is 2.43. The summed E-state index contributed by atoms with van der Waals surface area (Å²) in [6.45, 7) is 5.44. The fourth-order valence-corrected chi connectivity index (χ4v) is 4.84. The summed E-state index contributed by atoms with van der Waals surface area (Å²) in [5.41, 5.74) is 1.50. The maximum Gasteiger partial charge on any atom is 0.220 e. The molecule has 1 heterocycles. The predicted molar refractivity (Wildman–Crippen MR) is 128 cm³/mol. The summed E-state index contributed by atoms with van der Waals surface area (Å²) in [6.07, 6.45) is 1.62. The van der Waals surface area contributed by atoms with E-state index in [9.17, 15) is 10.1 Å². The van der Waals surface area contributed by atoms with Crippen molar-refractivity contribution in [2.75, 3.05) is 20.3 Å². The van der Waals surface area contributed by atoms with Crippen molar-refractivity contribution >= 4 is 39.3 Å². The fraction of sp³-hybridized carbons (Fsp3) is 0.238. The van der Waals surface area contributed by atoms with Gasteiger partial charge in [0.2, 0.25) is 6.54 Å². The lowest BCUT2D eigenvalue weighted by Crippen LogP contribution is -2.12. The van der Waals surface area contributed by atoms with Gasteiger partial charge in [0, 0.05) is 15.6 Å². The van der Waals surface area contributed by atoms with Crippen molar-refractivity contribution in [2.45, 2.75) is 17.3 Å². The molecule has 0 fully saturated rings. The van der Waals surface area contributed by atoms with Gasteiger partial charge >= 0.3 is 0 Å². The van der Waals surface area contributed by atoms with Crippen molar-refractivity contribution in [2.24, 2.45) is 0 Å². The Bertz CT molecular complexity index is 1120. The third kappa shape index (κ3) is 5.62. The van der Waals surface area contributed by atoms with Crippen LogP contribution in [0.5, 0.6) is 11.5 Å². The van der Waals surface area contributed by atoms with Crippen LogP contribution in [-0.4, -0.2) is 39.9 Å². The van der Waals surface area contributed by atoms with Crippen LogP contribution in [0.15, 0.2) is 58.7 Å². The molecular weight excluding hydrogens is 520 g/mol. The number of nitro groups is 1. The molecule has 0 aliphatic rings. The van der Waals surface area contributed by atoms with E-state index in [4.69, 9.17) is 21.1 Å². The number of aromatic nitrogens is 3. The van der Waals surface area contributed by atoms with Gasteiger partial charge in [-0.1, -0.05) is 36.0 Å². The van der Waals surface area contributed by atoms with Crippen molar-refractivity contribution in [1.29, 1.82) is 0 Å². The number of rotatable bonds is 10. The molecule has 0 spiro atoms. The molecule has 168 valence electrons. The topological polar surface area (TPSA) is 92.3 Å². The van der Waals surface area contributed by atoms with Crippen LogP contribution in [0.1, 0.15) is 16.6 Å². The Hall–Kier alpha value is -2.56. The van der Waals surface area contributed by atoms with Crippen molar-refractivity contribution in [3.63, 3.8) is 0 Å². The second-order valence-electron chi connectivity index (χ2n) is 6.60. The first kappa shape index (κ1) is 24.1. The maximum absolute atomic E-state index is 11.5. The molecule has 0 radical (unpaired) electrons. The number of ether oxygens (including phenoxy) is 2. The van der Waals surface area contributed by atoms with Gasteiger partial charge in [-0.05, 0) is 64.8 Å². The second kappa shape index (κ2) is 10.8. The number of thioether (sulfide) groups is 1. The van der Waals surface area contributed by atoms with Gasteiger partial charge in [-0.15, -0.1) is 10.2 Å². The van der Waals surface area contributed by atoms with Crippen molar-refractivity contribution < 1.29 is 14.4 Å². The number of methoxy groups -OCH3 is 1. The standard InChI is InChI=1S/C21H20BrClN4O4S/c1-4-9-31-20-17(22)10-14(11-18(20)30-3)19(12-26(28)29)32-21-25-24-13(2)27(21)16-7-5-15(23)6-8-16/h4-8,10-11,19H,1,9,12H2,2-3H3/t19-/m1/s1. The zero-order valence-corrected chi connectivity index (χ0v) is 20.5. The monoisotopic (exact) mass is 538 g/mol. The van der Waals surface area contributed by atoms with E-state index in [1.807, 2.05) is 23.6 Å². The van der Waals surface area contributed by atoms with Gasteiger partial charge in [-0.3, -0.25) is 14.7 Å². The Morgan fingerprint density at radius 3 is 2.69 bits per heavy atom. The zero-order valence-electron chi connectivity index (χ0n) is 17.3. The van der Waals surface area contributed by atoms with E-state index in [-0.39, 0.29) is 11.5 Å². The number of hydrogen-bond donors (Lipinski definition) is 0. The Morgan fingerprint density at radius 1 is 1.34 bits per heavy atom. The van der Waals surface area contributed by atoms with E-state index in [0.29, 0.717) is 44.1 Å². The summed E-state index contributed by atoms with van der Waals surface area (Å²) in [7, 11) is 1.52.